The summed E-state index contributed by atoms with van der Waals surface area (Å²) in [4.78, 5) is 34.6. The van der Waals surface area contributed by atoms with Crippen LogP contribution in [0, 0.1) is 12.8 Å². The molecule has 2 heterocycles. The number of benzene rings is 1. The van der Waals surface area contributed by atoms with Crippen molar-refractivity contribution < 1.29 is 27.5 Å². The molecule has 6 nitrogen and oxygen atoms in total. The van der Waals surface area contributed by atoms with E-state index in [4.69, 9.17) is 4.74 Å². The zero-order valence-electron chi connectivity index (χ0n) is 20.7. The number of amides is 1. The molecule has 9 heteroatoms. The molecule has 0 atom stereocenters. The third kappa shape index (κ3) is 6.93. The van der Waals surface area contributed by atoms with Gasteiger partial charge in [-0.15, -0.1) is 0 Å². The first-order chi connectivity index (χ1) is 17.6. The Morgan fingerprint density at radius 3 is 2.46 bits per heavy atom. The molecular formula is C28H28F3N3O3. The van der Waals surface area contributed by atoms with E-state index in [1.54, 1.807) is 24.2 Å². The molecule has 1 amide bonds. The number of carbonyl (C=O) groups is 2. The SMILES string of the molecule is CCOC(=O)Cc1cncc(-c2ccc(C)cc2CN(Cc2ccc(C(F)(F)F)nc2)C(=O)C2CC2)c1. The minimum absolute atomic E-state index is 0.0264. The maximum absolute atomic E-state index is 13.2. The lowest BCUT2D eigenvalue weighted by atomic mass is 9.97. The summed E-state index contributed by atoms with van der Waals surface area (Å²) < 4.78 is 43.8. The normalized spacial score (nSPS) is 13.3. The third-order valence-electron chi connectivity index (χ3n) is 6.11. The summed E-state index contributed by atoms with van der Waals surface area (Å²) in [7, 11) is 0. The molecule has 3 aromatic rings. The lowest BCUT2D eigenvalue weighted by Crippen LogP contribution is -2.31. The highest BCUT2D eigenvalue weighted by atomic mass is 19.4. The quantitative estimate of drug-likeness (QED) is 0.354. The summed E-state index contributed by atoms with van der Waals surface area (Å²) in [6.45, 7) is 4.42. The fourth-order valence-electron chi connectivity index (χ4n) is 4.16. The predicted molar refractivity (Wildman–Crippen MR) is 131 cm³/mol. The van der Waals surface area contributed by atoms with Crippen LogP contribution in [0.25, 0.3) is 11.1 Å². The van der Waals surface area contributed by atoms with Crippen molar-refractivity contribution in [1.29, 1.82) is 0 Å². The second-order valence-electron chi connectivity index (χ2n) is 9.24. The van der Waals surface area contributed by atoms with Crippen LogP contribution >= 0.6 is 0 Å². The third-order valence-corrected chi connectivity index (χ3v) is 6.11. The maximum Gasteiger partial charge on any atom is 0.433 e. The molecule has 0 N–H and O–H groups in total. The van der Waals surface area contributed by atoms with Crippen molar-refractivity contribution in [2.75, 3.05) is 6.61 Å². The molecule has 0 saturated heterocycles. The number of hydrogen-bond donors (Lipinski definition) is 0. The number of aromatic nitrogens is 2. The molecule has 1 aromatic carbocycles. The summed E-state index contributed by atoms with van der Waals surface area (Å²) in [6, 6.07) is 10.1. The summed E-state index contributed by atoms with van der Waals surface area (Å²) >= 11 is 0. The van der Waals surface area contributed by atoms with E-state index in [0.717, 1.165) is 41.2 Å². The number of halogens is 3. The van der Waals surface area contributed by atoms with Gasteiger partial charge in [-0.05, 0) is 61.1 Å². The van der Waals surface area contributed by atoms with Crippen LogP contribution in [0.3, 0.4) is 0 Å². The van der Waals surface area contributed by atoms with Crippen LogP contribution in [0.5, 0.6) is 0 Å². The van der Waals surface area contributed by atoms with Gasteiger partial charge in [0.25, 0.3) is 0 Å². The largest absolute Gasteiger partial charge is 0.466 e. The zero-order chi connectivity index (χ0) is 26.6. The van der Waals surface area contributed by atoms with Gasteiger partial charge in [-0.1, -0.05) is 29.8 Å². The summed E-state index contributed by atoms with van der Waals surface area (Å²) in [5.41, 5.74) is 3.81. The molecule has 2 aromatic heterocycles. The van der Waals surface area contributed by atoms with Gasteiger partial charge in [0, 0.05) is 43.2 Å². The highest BCUT2D eigenvalue weighted by molar-refractivity contribution is 5.81. The van der Waals surface area contributed by atoms with E-state index in [-0.39, 0.29) is 37.3 Å². The highest BCUT2D eigenvalue weighted by Crippen LogP contribution is 2.34. The van der Waals surface area contributed by atoms with Gasteiger partial charge < -0.3 is 9.64 Å². The average molecular weight is 512 g/mol. The van der Waals surface area contributed by atoms with E-state index in [0.29, 0.717) is 17.7 Å². The molecule has 37 heavy (non-hydrogen) atoms. The van der Waals surface area contributed by atoms with Gasteiger partial charge in [0.15, 0.2) is 0 Å². The van der Waals surface area contributed by atoms with Crippen LogP contribution in [0.4, 0.5) is 13.2 Å². The molecule has 0 spiro atoms. The van der Waals surface area contributed by atoms with E-state index in [2.05, 4.69) is 9.97 Å². The first-order valence-electron chi connectivity index (χ1n) is 12.1. The Kier molecular flexibility index (Phi) is 7.90. The number of aryl methyl sites for hydroxylation is 1. The number of hydrogen-bond acceptors (Lipinski definition) is 5. The summed E-state index contributed by atoms with van der Waals surface area (Å²) in [5.74, 6) is -0.427. The minimum atomic E-state index is -4.52. The first-order valence-corrected chi connectivity index (χ1v) is 12.1. The van der Waals surface area contributed by atoms with Crippen LogP contribution in [0.15, 0.2) is 55.0 Å². The van der Waals surface area contributed by atoms with Crippen LogP contribution in [-0.2, 0) is 40.0 Å². The van der Waals surface area contributed by atoms with E-state index >= 15 is 0 Å². The zero-order valence-corrected chi connectivity index (χ0v) is 20.7. The van der Waals surface area contributed by atoms with Gasteiger partial charge in [-0.25, -0.2) is 0 Å². The molecule has 0 unspecified atom stereocenters. The van der Waals surface area contributed by atoms with Crippen molar-refractivity contribution in [2.24, 2.45) is 5.92 Å². The molecule has 0 bridgehead atoms. The van der Waals surface area contributed by atoms with Crippen LogP contribution < -0.4 is 0 Å². The number of esters is 1. The Bertz CT molecular complexity index is 1270. The molecule has 194 valence electrons. The monoisotopic (exact) mass is 511 g/mol. The van der Waals surface area contributed by atoms with E-state index in [1.165, 1.54) is 12.3 Å². The fraction of sp³-hybridized carbons (Fsp3) is 0.357. The van der Waals surface area contributed by atoms with E-state index in [1.807, 2.05) is 31.2 Å². The van der Waals surface area contributed by atoms with Crippen LogP contribution in [0.1, 0.15) is 47.7 Å². The number of pyridine rings is 2. The standard InChI is InChI=1S/C28H28F3N3O3/c1-3-37-26(35)12-20-11-22(15-32-13-20)24-8-4-18(2)10-23(24)17-34(27(36)21-6-7-21)16-19-5-9-25(33-14-19)28(29,30)31/h4-5,8-11,13-15,21H,3,6-7,12,16-17H2,1-2H3. The Labute approximate surface area is 213 Å². The van der Waals surface area contributed by atoms with Crippen molar-refractivity contribution in [3.63, 3.8) is 0 Å². The van der Waals surface area contributed by atoms with Crippen LogP contribution in [0.2, 0.25) is 0 Å². The van der Waals surface area contributed by atoms with Gasteiger partial charge in [0.2, 0.25) is 5.91 Å². The smallest absolute Gasteiger partial charge is 0.433 e. The number of alkyl halides is 3. The Balaban J connectivity index is 1.62. The number of ether oxygens (including phenoxy) is 1. The van der Waals surface area contributed by atoms with E-state index < -0.39 is 11.9 Å². The topological polar surface area (TPSA) is 72.4 Å². The Hall–Kier alpha value is -3.75. The second kappa shape index (κ2) is 11.1. The van der Waals surface area contributed by atoms with Gasteiger partial charge in [0.1, 0.15) is 5.69 Å². The van der Waals surface area contributed by atoms with Crippen molar-refractivity contribution >= 4 is 11.9 Å². The maximum atomic E-state index is 13.2. The molecule has 1 fully saturated rings. The van der Waals surface area contributed by atoms with Crippen molar-refractivity contribution in [3.8, 4) is 11.1 Å². The van der Waals surface area contributed by atoms with Crippen molar-refractivity contribution in [2.45, 2.75) is 52.4 Å². The second-order valence-corrected chi connectivity index (χ2v) is 9.24. The fourth-order valence-corrected chi connectivity index (χ4v) is 4.16. The molecule has 1 aliphatic rings. The molecule has 0 radical (unpaired) electrons. The summed E-state index contributed by atoms with van der Waals surface area (Å²) in [6.07, 6.45) is 1.69. The van der Waals surface area contributed by atoms with Crippen molar-refractivity contribution in [1.82, 2.24) is 14.9 Å². The Morgan fingerprint density at radius 1 is 1.03 bits per heavy atom. The van der Waals surface area contributed by atoms with Gasteiger partial charge in [-0.3, -0.25) is 19.6 Å². The van der Waals surface area contributed by atoms with Gasteiger partial charge in [-0.2, -0.15) is 13.2 Å². The number of rotatable bonds is 9. The van der Waals surface area contributed by atoms with Gasteiger partial charge >= 0.3 is 12.1 Å². The highest BCUT2D eigenvalue weighted by Gasteiger charge is 2.34. The predicted octanol–water partition coefficient (Wildman–Crippen LogP) is 5.52. The minimum Gasteiger partial charge on any atom is -0.466 e. The molecule has 1 saturated carbocycles. The number of carbonyl (C=O) groups excluding carboxylic acids is 2. The lowest BCUT2D eigenvalue weighted by molar-refractivity contribution is -0.142. The molecular weight excluding hydrogens is 483 g/mol. The van der Waals surface area contributed by atoms with Crippen molar-refractivity contribution in [3.05, 3.63) is 82.9 Å². The average Bonchev–Trinajstić information content (AvgIpc) is 3.69. The summed E-state index contributed by atoms with van der Waals surface area (Å²) in [5, 5.41) is 0. The van der Waals surface area contributed by atoms with E-state index in [9.17, 15) is 22.8 Å². The molecule has 0 aliphatic heterocycles. The molecule has 1 aliphatic carbocycles. The lowest BCUT2D eigenvalue weighted by Gasteiger charge is -2.25. The Morgan fingerprint density at radius 2 is 1.81 bits per heavy atom. The van der Waals surface area contributed by atoms with Crippen LogP contribution in [-0.4, -0.2) is 33.4 Å². The first kappa shape index (κ1) is 26.3. The number of nitrogens with zero attached hydrogens (tertiary/aromatic N) is 3. The van der Waals surface area contributed by atoms with Gasteiger partial charge in [0.05, 0.1) is 13.0 Å². The molecule has 4 rings (SSSR count).